The summed E-state index contributed by atoms with van der Waals surface area (Å²) >= 11 is 0. The number of esters is 1. The van der Waals surface area contributed by atoms with Gasteiger partial charge in [0.25, 0.3) is 0 Å². The van der Waals surface area contributed by atoms with E-state index in [-0.39, 0.29) is 19.3 Å². The van der Waals surface area contributed by atoms with Crippen molar-refractivity contribution in [2.75, 3.05) is 33.9 Å². The van der Waals surface area contributed by atoms with Crippen LogP contribution in [0.4, 0.5) is 0 Å². The SMILES string of the molecule is CCC(C)C1NC(=O)C(CCC(=O)O)NC(=O)C(CC(N)=O)NC(=O)CNC(=O)C(C(OC)C(=O)O)NC(=O)C(CO)NC(=O)C(CC(=O)O)NC(=O)C(C)NC(=O)CN(C)C(=O)C(NC(=O)C(NC(=O)C(CCC(=O)O)NC(=O)C(Cc2c[nH]c3ccccc23)NC(=O)CCCCCCC(C)C)C(O)C(N)=O)C(C)OC1=O. The topological polar surface area (TPSA) is 697 Å². The van der Waals surface area contributed by atoms with E-state index in [1.165, 1.54) is 13.8 Å². The number of fused-ring (bicyclic) bond motifs is 1. The van der Waals surface area contributed by atoms with Crippen LogP contribution in [-0.4, -0.2) is 278 Å². The average molecular weight is 1600 g/mol. The molecule has 1 saturated heterocycles. The molecular weight excluding hydrogens is 1500 g/mol. The summed E-state index contributed by atoms with van der Waals surface area (Å²) < 4.78 is 10.6. The maximum atomic E-state index is 14.9. The molecule has 1 fully saturated rings. The molecule has 1 aromatic heterocycles. The number of benzene rings is 1. The molecule has 3 rings (SSSR count). The lowest BCUT2D eigenvalue weighted by molar-refractivity contribution is -0.159. The highest BCUT2D eigenvalue weighted by atomic mass is 16.5. The number of carboxylic acids is 4. The summed E-state index contributed by atoms with van der Waals surface area (Å²) in [7, 11) is 1.63. The Morgan fingerprint density at radius 1 is 0.637 bits per heavy atom. The number of carbonyl (C=O) groups excluding carboxylic acids is 16. The van der Waals surface area contributed by atoms with Gasteiger partial charge < -0.3 is 125 Å². The summed E-state index contributed by atoms with van der Waals surface area (Å²) in [5.74, 6) is -29.9. The number of cyclic esters (lactones) is 1. The number of H-pyrrole nitrogens is 1. The third-order valence-electron chi connectivity index (χ3n) is 17.7. The van der Waals surface area contributed by atoms with E-state index in [0.717, 1.165) is 47.3 Å². The number of likely N-dealkylation sites (N-methyl/N-ethyl adjacent to an activating group) is 1. The van der Waals surface area contributed by atoms with Crippen LogP contribution in [-0.2, 0) is 112 Å². The molecule has 0 radical (unpaired) electrons. The number of primary amides is 2. The van der Waals surface area contributed by atoms with Crippen LogP contribution in [0.1, 0.15) is 131 Å². The predicted octanol–water partition coefficient (Wildman–Crippen LogP) is -7.36. The maximum Gasteiger partial charge on any atom is 0.335 e. The van der Waals surface area contributed by atoms with E-state index in [0.29, 0.717) is 40.1 Å². The quantitative estimate of drug-likeness (QED) is 0.0229. The lowest BCUT2D eigenvalue weighted by atomic mass is 9.98. The second kappa shape index (κ2) is 46.6. The zero-order valence-electron chi connectivity index (χ0n) is 63.4. The van der Waals surface area contributed by atoms with Gasteiger partial charge in [-0.2, -0.15) is 0 Å². The minimum atomic E-state index is -2.81. The molecular formula is C69H102N16O28. The van der Waals surface area contributed by atoms with E-state index >= 15 is 0 Å². The van der Waals surface area contributed by atoms with Crippen molar-refractivity contribution in [2.45, 2.75) is 216 Å². The maximum absolute atomic E-state index is 14.9. The standard InChI is InChI=1S/C69H102N16O28/c1-9-32(4)51-69(111)113-34(6)52(82-66(107)53(55(97)57(71)98)83-60(101)39(21-23-49(93)94)77-61(102)40(24-35-27-72-37-18-15-14-17-36(35)37)75-45(88)19-13-11-10-12-16-31(2)3)67(108)85(7)29-47(90)74-33(5)58(99)79-42(26-50(95)96)63(104)80-43(30-86)64(105)84-54(56(112-8)68(109)110)65(106)73-28-46(89)76-41(25-44(70)87)62(103)78-38(59(100)81-51)20-22-48(91)92/h14-15,17-18,27,31-34,38-43,51-56,72,86,97H,9-13,16,19-26,28-30H2,1-8H3,(H2,70,87)(H2,71,98)(H,73,106)(H,74,90)(H,75,88)(H,76,89)(H,77,102)(H,78,103)(H,79,99)(H,80,104)(H,81,100)(H,82,107)(H,83,101)(H,84,105)(H,91,92)(H,93,94)(H,95,96)(H,109,110). The number of aliphatic hydroxyl groups is 2. The fourth-order valence-corrected chi connectivity index (χ4v) is 11.3. The van der Waals surface area contributed by atoms with E-state index in [2.05, 4.69) is 50.7 Å². The van der Waals surface area contributed by atoms with E-state index in [9.17, 15) is 127 Å². The number of methoxy groups -OCH3 is 1. The first kappa shape index (κ1) is 95.2. The van der Waals surface area contributed by atoms with Crippen molar-refractivity contribution in [2.24, 2.45) is 23.3 Å². The Kier molecular flexibility index (Phi) is 39.3. The Morgan fingerprint density at radius 2 is 1.22 bits per heavy atom. The molecule has 0 aliphatic carbocycles. The Morgan fingerprint density at radius 3 is 1.81 bits per heavy atom. The van der Waals surface area contributed by atoms with Gasteiger partial charge in [0, 0.05) is 56.9 Å². The zero-order chi connectivity index (χ0) is 85.3. The molecule has 0 spiro atoms. The number of aromatic nitrogens is 1. The van der Waals surface area contributed by atoms with Gasteiger partial charge >= 0.3 is 29.8 Å². The van der Waals surface area contributed by atoms with Gasteiger partial charge in [0.2, 0.25) is 88.6 Å². The number of carbonyl (C=O) groups is 20. The van der Waals surface area contributed by atoms with Crippen molar-refractivity contribution in [1.29, 1.82) is 0 Å². The number of ether oxygens (including phenoxy) is 2. The van der Waals surface area contributed by atoms with Gasteiger partial charge in [-0.15, -0.1) is 0 Å². The molecule has 1 aromatic carbocycles. The first-order valence-corrected chi connectivity index (χ1v) is 35.9. The van der Waals surface area contributed by atoms with Crippen LogP contribution in [0.25, 0.3) is 10.9 Å². The Hall–Kier alpha value is -12.0. The number of carboxylic acid groups (broad SMARTS) is 4. The number of para-hydroxylation sites is 1. The van der Waals surface area contributed by atoms with E-state index < -0.39 is 267 Å². The molecule has 0 bridgehead atoms. The highest BCUT2D eigenvalue weighted by Gasteiger charge is 2.44. The van der Waals surface area contributed by atoms with Gasteiger partial charge in [-0.25, -0.2) is 9.59 Å². The molecule has 23 N–H and O–H groups in total. The minimum Gasteiger partial charge on any atom is -0.481 e. The smallest absolute Gasteiger partial charge is 0.335 e. The summed E-state index contributed by atoms with van der Waals surface area (Å²) in [6.07, 6.45) is -7.98. The molecule has 626 valence electrons. The predicted molar refractivity (Wildman–Crippen MR) is 388 cm³/mol. The molecule has 2 heterocycles. The molecule has 44 nitrogen and oxygen atoms in total. The van der Waals surface area contributed by atoms with Gasteiger partial charge in [0.1, 0.15) is 72.6 Å². The lowest BCUT2D eigenvalue weighted by Gasteiger charge is -2.32. The number of aromatic amines is 1. The number of aliphatic hydroxyl groups excluding tert-OH is 2. The molecule has 1 aliphatic heterocycles. The van der Waals surface area contributed by atoms with Crippen molar-refractivity contribution in [3.63, 3.8) is 0 Å². The number of hydrogen-bond acceptors (Lipinski definition) is 24. The van der Waals surface area contributed by atoms with Crippen molar-refractivity contribution in [3.8, 4) is 0 Å². The number of aliphatic carboxylic acids is 4. The third-order valence-corrected chi connectivity index (χ3v) is 17.7. The van der Waals surface area contributed by atoms with Crippen LogP contribution in [0, 0.1) is 11.8 Å². The third kappa shape index (κ3) is 31.7. The molecule has 15 unspecified atom stereocenters. The number of hydrogen-bond donors (Lipinski definition) is 21. The Bertz CT molecular complexity index is 3800. The zero-order valence-corrected chi connectivity index (χ0v) is 63.4. The molecule has 15 atom stereocenters. The summed E-state index contributed by atoms with van der Waals surface area (Å²) in [5.41, 5.74) is 12.0. The number of nitrogens with two attached hydrogens (primary N) is 2. The first-order chi connectivity index (χ1) is 53.0. The number of unbranched alkanes of at least 4 members (excludes halogenated alkanes) is 3. The van der Waals surface area contributed by atoms with Crippen molar-refractivity contribution in [3.05, 3.63) is 36.0 Å². The largest absolute Gasteiger partial charge is 0.481 e. The van der Waals surface area contributed by atoms with Gasteiger partial charge in [0.15, 0.2) is 12.2 Å². The number of rotatable bonds is 34. The van der Waals surface area contributed by atoms with Gasteiger partial charge in [0.05, 0.1) is 32.5 Å². The van der Waals surface area contributed by atoms with Crippen LogP contribution in [0.3, 0.4) is 0 Å². The highest BCUT2D eigenvalue weighted by molar-refractivity contribution is 6.02. The van der Waals surface area contributed by atoms with E-state index in [1.807, 2.05) is 31.9 Å². The summed E-state index contributed by atoms with van der Waals surface area (Å²) in [6.45, 7) is 5.05. The normalized spacial score (nSPS) is 22.1. The van der Waals surface area contributed by atoms with Crippen LogP contribution >= 0.6 is 0 Å². The molecule has 44 heteroatoms. The second-order valence-corrected chi connectivity index (χ2v) is 27.2. The number of nitrogens with one attached hydrogen (secondary N) is 13. The first-order valence-electron chi connectivity index (χ1n) is 35.9. The summed E-state index contributed by atoms with van der Waals surface area (Å²) in [5, 5.41) is 87.0. The van der Waals surface area contributed by atoms with Gasteiger partial charge in [-0.05, 0) is 56.6 Å². The van der Waals surface area contributed by atoms with Crippen LogP contribution < -0.4 is 75.3 Å². The Labute approximate surface area is 646 Å². The van der Waals surface area contributed by atoms with E-state index in [4.69, 9.17) is 20.9 Å². The molecule has 113 heavy (non-hydrogen) atoms. The molecule has 0 saturated carbocycles. The Balaban J connectivity index is 2.26. The number of amides is 15. The highest BCUT2D eigenvalue weighted by Crippen LogP contribution is 2.21. The van der Waals surface area contributed by atoms with E-state index in [1.54, 1.807) is 30.5 Å². The van der Waals surface area contributed by atoms with Gasteiger partial charge in [-0.3, -0.25) is 86.3 Å². The van der Waals surface area contributed by atoms with Gasteiger partial charge in [-0.1, -0.05) is 78.0 Å². The summed E-state index contributed by atoms with van der Waals surface area (Å²) in [4.78, 5) is 275. The van der Waals surface area contributed by atoms with Crippen LogP contribution in [0.5, 0.6) is 0 Å². The van der Waals surface area contributed by atoms with Crippen molar-refractivity contribution >= 4 is 129 Å². The fraction of sp³-hybridized carbons (Fsp3) is 0.594. The number of nitrogens with zero attached hydrogens (tertiary/aromatic N) is 1. The second-order valence-electron chi connectivity index (χ2n) is 27.2. The summed E-state index contributed by atoms with van der Waals surface area (Å²) in [6, 6.07) is -16.4. The monoisotopic (exact) mass is 1600 g/mol. The lowest BCUT2D eigenvalue weighted by Crippen LogP contribution is -2.64. The van der Waals surface area contributed by atoms with Crippen molar-refractivity contribution in [1.82, 2.24) is 73.7 Å². The molecule has 2 aromatic rings. The average Bonchev–Trinajstić information content (AvgIpc) is 1.80. The minimum absolute atomic E-state index is 0.0312. The molecule has 15 amide bonds. The van der Waals surface area contributed by atoms with Crippen LogP contribution in [0.15, 0.2) is 30.5 Å². The van der Waals surface area contributed by atoms with Crippen LogP contribution in [0.2, 0.25) is 0 Å². The van der Waals surface area contributed by atoms with Crippen molar-refractivity contribution < 1.29 is 136 Å². The fourth-order valence-electron chi connectivity index (χ4n) is 11.3. The molecule has 1 aliphatic rings.